The molecule has 2 heterocycles. The normalized spacial score (nSPS) is 15.2. The SMILES string of the molecule is CCN(CC)S(=O)(=O)c1ccc(C(=O)N2CCN(CC(=O)c3c[nH]c4ccccc34)CC2)cc1. The third kappa shape index (κ3) is 4.77. The zero-order valence-corrected chi connectivity index (χ0v) is 20.3. The number of sulfonamides is 1. The van der Waals surface area contributed by atoms with Crippen LogP contribution in [-0.2, 0) is 10.0 Å². The van der Waals surface area contributed by atoms with E-state index in [9.17, 15) is 18.0 Å². The number of piperazine rings is 1. The van der Waals surface area contributed by atoms with Crippen LogP contribution in [0.25, 0.3) is 10.9 Å². The highest BCUT2D eigenvalue weighted by molar-refractivity contribution is 7.89. The molecule has 0 bridgehead atoms. The minimum Gasteiger partial charge on any atom is -0.360 e. The highest BCUT2D eigenvalue weighted by Crippen LogP contribution is 2.20. The quantitative estimate of drug-likeness (QED) is 0.499. The molecule has 0 atom stereocenters. The lowest BCUT2D eigenvalue weighted by atomic mass is 10.1. The van der Waals surface area contributed by atoms with Crippen molar-refractivity contribution in [2.24, 2.45) is 0 Å². The Balaban J connectivity index is 1.35. The molecule has 1 saturated heterocycles. The highest BCUT2D eigenvalue weighted by Gasteiger charge is 2.26. The first kappa shape index (κ1) is 24.1. The fourth-order valence-electron chi connectivity index (χ4n) is 4.36. The van der Waals surface area contributed by atoms with Gasteiger partial charge in [0.25, 0.3) is 5.91 Å². The standard InChI is InChI=1S/C25H30N4O4S/c1-3-29(4-2)34(32,33)20-11-9-19(10-12-20)25(31)28-15-13-27(14-16-28)18-24(30)22-17-26-23-8-6-5-7-21(22)23/h5-12,17,26H,3-4,13-16,18H2,1-2H3. The van der Waals surface area contributed by atoms with Gasteiger partial charge in [-0.3, -0.25) is 14.5 Å². The van der Waals surface area contributed by atoms with Gasteiger partial charge >= 0.3 is 0 Å². The molecular weight excluding hydrogens is 452 g/mol. The molecular formula is C25H30N4O4S. The van der Waals surface area contributed by atoms with Crippen molar-refractivity contribution in [1.29, 1.82) is 0 Å². The van der Waals surface area contributed by atoms with Crippen molar-refractivity contribution in [3.05, 3.63) is 65.9 Å². The van der Waals surface area contributed by atoms with E-state index in [1.54, 1.807) is 37.1 Å². The number of para-hydroxylation sites is 1. The molecule has 1 N–H and O–H groups in total. The van der Waals surface area contributed by atoms with Gasteiger partial charge in [0.2, 0.25) is 10.0 Å². The van der Waals surface area contributed by atoms with Crippen molar-refractivity contribution in [2.45, 2.75) is 18.7 Å². The van der Waals surface area contributed by atoms with Gasteiger partial charge in [0.05, 0.1) is 11.4 Å². The molecule has 1 amide bonds. The second kappa shape index (κ2) is 10.1. The third-order valence-electron chi connectivity index (χ3n) is 6.36. The number of aromatic nitrogens is 1. The van der Waals surface area contributed by atoms with Crippen LogP contribution in [-0.4, -0.2) is 85.0 Å². The number of carbonyl (C=O) groups is 2. The third-order valence-corrected chi connectivity index (χ3v) is 8.42. The number of rotatable bonds is 8. The molecule has 4 rings (SSSR count). The van der Waals surface area contributed by atoms with Crippen LogP contribution >= 0.6 is 0 Å². The van der Waals surface area contributed by atoms with Crippen LogP contribution in [0.3, 0.4) is 0 Å². The minimum atomic E-state index is -3.55. The summed E-state index contributed by atoms with van der Waals surface area (Å²) in [4.78, 5) is 32.9. The van der Waals surface area contributed by atoms with Crippen LogP contribution in [0.2, 0.25) is 0 Å². The van der Waals surface area contributed by atoms with Crippen LogP contribution in [0, 0.1) is 0 Å². The fourth-order valence-corrected chi connectivity index (χ4v) is 5.82. The molecule has 1 fully saturated rings. The summed E-state index contributed by atoms with van der Waals surface area (Å²) in [5.41, 5.74) is 2.09. The summed E-state index contributed by atoms with van der Waals surface area (Å²) in [6.07, 6.45) is 1.76. The van der Waals surface area contributed by atoms with Crippen molar-refractivity contribution in [1.82, 2.24) is 19.1 Å². The van der Waals surface area contributed by atoms with Crippen molar-refractivity contribution >= 4 is 32.6 Å². The molecule has 8 nitrogen and oxygen atoms in total. The summed E-state index contributed by atoms with van der Waals surface area (Å²) in [7, 11) is -3.55. The zero-order chi connectivity index (χ0) is 24.3. The molecule has 2 aromatic carbocycles. The summed E-state index contributed by atoms with van der Waals surface area (Å²) in [5.74, 6) is -0.0726. The molecule has 1 aromatic heterocycles. The lowest BCUT2D eigenvalue weighted by Crippen LogP contribution is -2.49. The van der Waals surface area contributed by atoms with Crippen molar-refractivity contribution in [3.8, 4) is 0 Å². The molecule has 180 valence electrons. The van der Waals surface area contributed by atoms with E-state index >= 15 is 0 Å². The molecule has 3 aromatic rings. The smallest absolute Gasteiger partial charge is 0.253 e. The Morgan fingerprint density at radius 3 is 2.24 bits per heavy atom. The zero-order valence-electron chi connectivity index (χ0n) is 19.5. The second-order valence-electron chi connectivity index (χ2n) is 8.35. The number of aromatic amines is 1. The predicted molar refractivity (Wildman–Crippen MR) is 132 cm³/mol. The Morgan fingerprint density at radius 2 is 1.59 bits per heavy atom. The van der Waals surface area contributed by atoms with Gasteiger partial charge in [-0.15, -0.1) is 0 Å². The summed E-state index contributed by atoms with van der Waals surface area (Å²) in [5, 5.41) is 0.924. The molecule has 0 radical (unpaired) electrons. The van der Waals surface area contributed by atoms with E-state index < -0.39 is 10.0 Å². The Bertz CT molecular complexity index is 1270. The Morgan fingerprint density at radius 1 is 0.941 bits per heavy atom. The number of H-pyrrole nitrogens is 1. The molecule has 0 saturated carbocycles. The molecule has 0 aliphatic carbocycles. The number of carbonyl (C=O) groups excluding carboxylic acids is 2. The van der Waals surface area contributed by atoms with Crippen LogP contribution in [0.5, 0.6) is 0 Å². The summed E-state index contributed by atoms with van der Waals surface area (Å²) >= 11 is 0. The second-order valence-corrected chi connectivity index (χ2v) is 10.3. The van der Waals surface area contributed by atoms with Crippen molar-refractivity contribution in [3.63, 3.8) is 0 Å². The van der Waals surface area contributed by atoms with Crippen LogP contribution < -0.4 is 0 Å². The number of amides is 1. The van der Waals surface area contributed by atoms with E-state index in [2.05, 4.69) is 9.88 Å². The lowest BCUT2D eigenvalue weighted by molar-refractivity contribution is 0.0624. The van der Waals surface area contributed by atoms with Crippen molar-refractivity contribution < 1.29 is 18.0 Å². The lowest BCUT2D eigenvalue weighted by Gasteiger charge is -2.34. The first-order valence-corrected chi connectivity index (χ1v) is 13.0. The van der Waals surface area contributed by atoms with E-state index in [1.807, 2.05) is 24.3 Å². The van der Waals surface area contributed by atoms with Crippen molar-refractivity contribution in [2.75, 3.05) is 45.8 Å². The molecule has 0 unspecified atom stereocenters. The van der Waals surface area contributed by atoms with E-state index in [0.29, 0.717) is 56.9 Å². The maximum atomic E-state index is 12.9. The van der Waals surface area contributed by atoms with Gasteiger partial charge in [0, 0.05) is 67.5 Å². The van der Waals surface area contributed by atoms with Crippen LogP contribution in [0.1, 0.15) is 34.6 Å². The number of hydrogen-bond donors (Lipinski definition) is 1. The first-order valence-electron chi connectivity index (χ1n) is 11.6. The average molecular weight is 483 g/mol. The number of ketones is 1. The molecule has 0 spiro atoms. The molecule has 9 heteroatoms. The van der Waals surface area contributed by atoms with Gasteiger partial charge in [-0.2, -0.15) is 4.31 Å². The largest absolute Gasteiger partial charge is 0.360 e. The summed E-state index contributed by atoms with van der Waals surface area (Å²) in [6.45, 7) is 6.93. The van der Waals surface area contributed by atoms with Gasteiger partial charge in [-0.05, 0) is 30.3 Å². The number of Topliss-reactive ketones (excluding diaryl/α,β-unsaturated/α-hetero) is 1. The Labute approximate surface area is 200 Å². The van der Waals surface area contributed by atoms with Gasteiger partial charge in [0.1, 0.15) is 0 Å². The summed E-state index contributed by atoms with van der Waals surface area (Å²) < 4.78 is 26.7. The number of nitrogens with one attached hydrogen (secondary N) is 1. The summed E-state index contributed by atoms with van der Waals surface area (Å²) in [6, 6.07) is 13.9. The van der Waals surface area contributed by atoms with Gasteiger partial charge < -0.3 is 9.88 Å². The monoisotopic (exact) mass is 482 g/mol. The number of benzene rings is 2. The number of fused-ring (bicyclic) bond motifs is 1. The van der Waals surface area contributed by atoms with Gasteiger partial charge in [-0.1, -0.05) is 32.0 Å². The fraction of sp³-hybridized carbons (Fsp3) is 0.360. The van der Waals surface area contributed by atoms with E-state index in [1.165, 1.54) is 16.4 Å². The first-order chi connectivity index (χ1) is 16.3. The van der Waals surface area contributed by atoms with Crippen LogP contribution in [0.15, 0.2) is 59.6 Å². The van der Waals surface area contributed by atoms with E-state index in [-0.39, 0.29) is 16.6 Å². The Kier molecular flexibility index (Phi) is 7.16. The highest BCUT2D eigenvalue weighted by atomic mass is 32.2. The van der Waals surface area contributed by atoms with Crippen LogP contribution in [0.4, 0.5) is 0 Å². The number of hydrogen-bond acceptors (Lipinski definition) is 5. The van der Waals surface area contributed by atoms with Gasteiger partial charge in [-0.25, -0.2) is 8.42 Å². The molecule has 1 aliphatic heterocycles. The number of nitrogens with zero attached hydrogens (tertiary/aromatic N) is 3. The average Bonchev–Trinajstić information content (AvgIpc) is 3.29. The topological polar surface area (TPSA) is 93.8 Å². The van der Waals surface area contributed by atoms with Gasteiger partial charge in [0.15, 0.2) is 5.78 Å². The van der Waals surface area contributed by atoms with E-state index in [4.69, 9.17) is 0 Å². The maximum absolute atomic E-state index is 12.9. The maximum Gasteiger partial charge on any atom is 0.253 e. The molecule has 34 heavy (non-hydrogen) atoms. The van der Waals surface area contributed by atoms with E-state index in [0.717, 1.165) is 10.9 Å². The molecule has 1 aliphatic rings. The Hall–Kier alpha value is -3.01. The predicted octanol–water partition coefficient (Wildman–Crippen LogP) is 2.84. The minimum absolute atomic E-state index is 0.0576.